The van der Waals surface area contributed by atoms with Crippen LogP contribution in [0, 0.1) is 0 Å². The molecule has 0 N–H and O–H groups in total. The summed E-state index contributed by atoms with van der Waals surface area (Å²) in [6.45, 7) is 0.679. The molecule has 3 rings (SSSR count). The van der Waals surface area contributed by atoms with Crippen molar-refractivity contribution < 1.29 is 14.0 Å². The van der Waals surface area contributed by atoms with Crippen LogP contribution in [-0.4, -0.2) is 29.6 Å². The molecule has 6 heteroatoms. The number of methoxy groups -OCH3 is 1. The molecule has 0 saturated heterocycles. The minimum absolute atomic E-state index is 0.638. The second-order valence-electron chi connectivity index (χ2n) is 5.31. The molecule has 3 aromatic rings. The molecule has 1 aromatic heterocycles. The summed E-state index contributed by atoms with van der Waals surface area (Å²) >= 11 is 1.76. The van der Waals surface area contributed by atoms with Crippen molar-refractivity contribution in [1.29, 1.82) is 0 Å². The first-order valence-electron chi connectivity index (χ1n) is 8.08. The Morgan fingerprint density at radius 2 is 1.76 bits per heavy atom. The quantitative estimate of drug-likeness (QED) is 0.528. The molecule has 25 heavy (non-hydrogen) atoms. The maximum atomic E-state index is 5.70. The smallest absolute Gasteiger partial charge is 0.236 e. The molecule has 0 radical (unpaired) electrons. The number of rotatable bonds is 9. The summed E-state index contributed by atoms with van der Waals surface area (Å²) in [6.07, 6.45) is 0.955. The molecule has 0 aliphatic carbocycles. The van der Waals surface area contributed by atoms with E-state index in [1.54, 1.807) is 18.9 Å². The largest absolute Gasteiger partial charge is 0.497 e. The Kier molecular flexibility index (Phi) is 6.34. The fourth-order valence-electron chi connectivity index (χ4n) is 2.20. The van der Waals surface area contributed by atoms with Crippen LogP contribution >= 0.6 is 11.8 Å². The van der Waals surface area contributed by atoms with Crippen LogP contribution in [0.4, 0.5) is 0 Å². The SMILES string of the molecule is COc1ccc(OCCCSCc2nc(-c3ccccc3)no2)cc1. The zero-order valence-electron chi connectivity index (χ0n) is 14.1. The maximum absolute atomic E-state index is 5.70. The monoisotopic (exact) mass is 356 g/mol. The average molecular weight is 356 g/mol. The third-order valence-corrected chi connectivity index (χ3v) is 4.52. The molecular weight excluding hydrogens is 336 g/mol. The van der Waals surface area contributed by atoms with Gasteiger partial charge in [-0.15, -0.1) is 0 Å². The molecule has 0 aliphatic heterocycles. The van der Waals surface area contributed by atoms with Crippen LogP contribution in [-0.2, 0) is 5.75 Å². The highest BCUT2D eigenvalue weighted by molar-refractivity contribution is 7.98. The van der Waals surface area contributed by atoms with Gasteiger partial charge in [0.15, 0.2) is 0 Å². The Balaban J connectivity index is 1.34. The number of hydrogen-bond donors (Lipinski definition) is 0. The van der Waals surface area contributed by atoms with E-state index in [1.165, 1.54) is 0 Å². The van der Waals surface area contributed by atoms with Gasteiger partial charge in [0, 0.05) is 5.56 Å². The summed E-state index contributed by atoms with van der Waals surface area (Å²) in [4.78, 5) is 4.42. The van der Waals surface area contributed by atoms with E-state index in [0.717, 1.165) is 29.2 Å². The van der Waals surface area contributed by atoms with Gasteiger partial charge in [-0.25, -0.2) is 0 Å². The van der Waals surface area contributed by atoms with Crippen molar-refractivity contribution in [2.45, 2.75) is 12.2 Å². The first-order valence-corrected chi connectivity index (χ1v) is 9.23. The van der Waals surface area contributed by atoms with E-state index in [0.29, 0.717) is 24.1 Å². The molecule has 5 nitrogen and oxygen atoms in total. The Hall–Kier alpha value is -2.47. The minimum atomic E-state index is 0.638. The van der Waals surface area contributed by atoms with Gasteiger partial charge in [0.2, 0.25) is 11.7 Å². The molecule has 130 valence electrons. The summed E-state index contributed by atoms with van der Waals surface area (Å²) in [5, 5.41) is 4.02. The summed E-state index contributed by atoms with van der Waals surface area (Å²) < 4.78 is 16.1. The standard InChI is InChI=1S/C19H20N2O3S/c1-22-16-8-10-17(11-9-16)23-12-5-13-25-14-18-20-19(21-24-18)15-6-3-2-4-7-15/h2-4,6-11H,5,12-14H2,1H3. The van der Waals surface area contributed by atoms with Crippen molar-refractivity contribution in [1.82, 2.24) is 10.1 Å². The van der Waals surface area contributed by atoms with E-state index in [2.05, 4.69) is 10.1 Å². The van der Waals surface area contributed by atoms with Crippen molar-refractivity contribution >= 4 is 11.8 Å². The summed E-state index contributed by atoms with van der Waals surface area (Å²) in [5.41, 5.74) is 0.968. The van der Waals surface area contributed by atoms with Crippen molar-refractivity contribution in [2.24, 2.45) is 0 Å². The van der Waals surface area contributed by atoms with Crippen LogP contribution in [0.1, 0.15) is 12.3 Å². The van der Waals surface area contributed by atoms with Gasteiger partial charge in [-0.1, -0.05) is 35.5 Å². The fraction of sp³-hybridized carbons (Fsp3) is 0.263. The molecule has 2 aromatic carbocycles. The number of ether oxygens (including phenoxy) is 2. The predicted molar refractivity (Wildman–Crippen MR) is 99.0 cm³/mol. The molecule has 0 amide bonds. The Labute approximate surface area is 151 Å². The van der Waals surface area contributed by atoms with Crippen LogP contribution in [0.5, 0.6) is 11.5 Å². The second kappa shape index (κ2) is 9.13. The lowest BCUT2D eigenvalue weighted by molar-refractivity contribution is 0.318. The molecule has 0 unspecified atom stereocenters. The van der Waals surface area contributed by atoms with Crippen LogP contribution in [0.25, 0.3) is 11.4 Å². The lowest BCUT2D eigenvalue weighted by Crippen LogP contribution is -1.99. The predicted octanol–water partition coefficient (Wildman–Crippen LogP) is 4.45. The summed E-state index contributed by atoms with van der Waals surface area (Å²) in [7, 11) is 1.65. The van der Waals surface area contributed by atoms with Crippen molar-refractivity contribution in [3.8, 4) is 22.9 Å². The van der Waals surface area contributed by atoms with Gasteiger partial charge in [-0.3, -0.25) is 0 Å². The maximum Gasteiger partial charge on any atom is 0.236 e. The van der Waals surface area contributed by atoms with Gasteiger partial charge in [0.1, 0.15) is 11.5 Å². The van der Waals surface area contributed by atoms with Crippen LogP contribution in [0.3, 0.4) is 0 Å². The normalized spacial score (nSPS) is 10.6. The lowest BCUT2D eigenvalue weighted by atomic mass is 10.2. The van der Waals surface area contributed by atoms with Crippen molar-refractivity contribution in [3.63, 3.8) is 0 Å². The molecule has 0 atom stereocenters. The van der Waals surface area contributed by atoms with E-state index in [4.69, 9.17) is 14.0 Å². The number of thioether (sulfide) groups is 1. The highest BCUT2D eigenvalue weighted by atomic mass is 32.2. The Morgan fingerprint density at radius 1 is 1.00 bits per heavy atom. The summed E-state index contributed by atoms with van der Waals surface area (Å²) in [6, 6.07) is 17.4. The van der Waals surface area contributed by atoms with E-state index < -0.39 is 0 Å². The van der Waals surface area contributed by atoms with Gasteiger partial charge in [-0.05, 0) is 36.4 Å². The molecule has 0 saturated carbocycles. The Morgan fingerprint density at radius 3 is 2.52 bits per heavy atom. The van der Waals surface area contributed by atoms with Gasteiger partial charge >= 0.3 is 0 Å². The first-order chi connectivity index (χ1) is 12.3. The highest BCUT2D eigenvalue weighted by Gasteiger charge is 2.07. The third kappa shape index (κ3) is 5.26. The molecule has 0 bridgehead atoms. The van der Waals surface area contributed by atoms with Gasteiger partial charge in [0.05, 0.1) is 19.5 Å². The average Bonchev–Trinajstić information content (AvgIpc) is 3.15. The topological polar surface area (TPSA) is 57.4 Å². The summed E-state index contributed by atoms with van der Waals surface area (Å²) in [5.74, 6) is 4.66. The van der Waals surface area contributed by atoms with Crippen molar-refractivity contribution in [3.05, 3.63) is 60.5 Å². The fourth-order valence-corrected chi connectivity index (χ4v) is 2.96. The van der Waals surface area contributed by atoms with Crippen LogP contribution in [0.2, 0.25) is 0 Å². The number of nitrogens with zero attached hydrogens (tertiary/aromatic N) is 2. The minimum Gasteiger partial charge on any atom is -0.497 e. The highest BCUT2D eigenvalue weighted by Crippen LogP contribution is 2.19. The number of benzene rings is 2. The van der Waals surface area contributed by atoms with Gasteiger partial charge in [-0.2, -0.15) is 16.7 Å². The second-order valence-corrected chi connectivity index (χ2v) is 6.41. The first kappa shape index (κ1) is 17.4. The number of hydrogen-bond acceptors (Lipinski definition) is 6. The van der Waals surface area contributed by atoms with E-state index in [-0.39, 0.29) is 0 Å². The Bertz CT molecular complexity index is 760. The van der Waals surface area contributed by atoms with Crippen molar-refractivity contribution in [2.75, 3.05) is 19.5 Å². The molecule has 0 aliphatic rings. The van der Waals surface area contributed by atoms with Gasteiger partial charge in [0.25, 0.3) is 0 Å². The van der Waals surface area contributed by atoms with Crippen LogP contribution in [0.15, 0.2) is 59.1 Å². The molecule has 1 heterocycles. The molecule has 0 fully saturated rings. The molecule has 0 spiro atoms. The lowest BCUT2D eigenvalue weighted by Gasteiger charge is -2.06. The van der Waals surface area contributed by atoms with Gasteiger partial charge < -0.3 is 14.0 Å². The molecular formula is C19H20N2O3S. The van der Waals surface area contributed by atoms with E-state index in [9.17, 15) is 0 Å². The van der Waals surface area contributed by atoms with Crippen LogP contribution < -0.4 is 9.47 Å². The van der Waals surface area contributed by atoms with E-state index in [1.807, 2.05) is 54.6 Å². The zero-order valence-corrected chi connectivity index (χ0v) is 14.9. The van der Waals surface area contributed by atoms with E-state index >= 15 is 0 Å². The number of aromatic nitrogens is 2. The zero-order chi connectivity index (χ0) is 17.3. The third-order valence-electron chi connectivity index (χ3n) is 3.49.